The van der Waals surface area contributed by atoms with E-state index in [-0.39, 0.29) is 0 Å². The number of rotatable bonds is 2. The fourth-order valence-electron chi connectivity index (χ4n) is 3.22. The second kappa shape index (κ2) is 3.72. The van der Waals surface area contributed by atoms with E-state index in [4.69, 9.17) is 4.74 Å². The molecule has 86 valence electrons. The highest BCUT2D eigenvalue weighted by atomic mass is 16.5. The van der Waals surface area contributed by atoms with Crippen molar-refractivity contribution in [2.45, 2.75) is 25.9 Å². The molecule has 2 unspecified atom stereocenters. The molecule has 3 fully saturated rings. The summed E-state index contributed by atoms with van der Waals surface area (Å²) in [5.74, 6) is 1.88. The Morgan fingerprint density at radius 1 is 1.00 bits per heavy atom. The fraction of sp³-hybridized carbons (Fsp3) is 1.00. The first kappa shape index (κ1) is 10.1. The van der Waals surface area contributed by atoms with Gasteiger partial charge in [-0.25, -0.2) is 0 Å². The Hall–Kier alpha value is -0.120. The Morgan fingerprint density at radius 2 is 1.60 bits per heavy atom. The van der Waals surface area contributed by atoms with Crippen molar-refractivity contribution in [3.63, 3.8) is 0 Å². The molecule has 0 saturated carbocycles. The summed E-state index contributed by atoms with van der Waals surface area (Å²) in [7, 11) is 0. The molecular weight excluding hydrogens is 188 g/mol. The summed E-state index contributed by atoms with van der Waals surface area (Å²) in [6.45, 7) is 11.9. The van der Waals surface area contributed by atoms with Crippen LogP contribution in [-0.2, 0) is 4.74 Å². The van der Waals surface area contributed by atoms with Gasteiger partial charge in [-0.2, -0.15) is 0 Å². The van der Waals surface area contributed by atoms with Gasteiger partial charge in [0.2, 0.25) is 0 Å². The lowest BCUT2D eigenvalue weighted by molar-refractivity contribution is -0.0601. The number of fused-ring (bicyclic) bond motifs is 1. The molecule has 0 N–H and O–H groups in total. The molecule has 3 aliphatic rings. The van der Waals surface area contributed by atoms with Crippen molar-refractivity contribution in [2.75, 3.05) is 39.4 Å². The van der Waals surface area contributed by atoms with Crippen LogP contribution in [0.2, 0.25) is 0 Å². The highest BCUT2D eigenvalue weighted by Gasteiger charge is 2.43. The van der Waals surface area contributed by atoms with Crippen molar-refractivity contribution in [1.29, 1.82) is 0 Å². The second-order valence-corrected chi connectivity index (χ2v) is 5.71. The van der Waals surface area contributed by atoms with Gasteiger partial charge in [-0.1, -0.05) is 0 Å². The van der Waals surface area contributed by atoms with Gasteiger partial charge < -0.3 is 9.64 Å². The van der Waals surface area contributed by atoms with Crippen LogP contribution in [0.3, 0.4) is 0 Å². The van der Waals surface area contributed by atoms with Crippen molar-refractivity contribution in [3.05, 3.63) is 0 Å². The van der Waals surface area contributed by atoms with Gasteiger partial charge in [-0.05, 0) is 25.7 Å². The first-order valence-corrected chi connectivity index (χ1v) is 6.30. The minimum atomic E-state index is 0.732. The Bertz CT molecular complexity index is 226. The Morgan fingerprint density at radius 3 is 2.00 bits per heavy atom. The summed E-state index contributed by atoms with van der Waals surface area (Å²) < 4.78 is 5.28. The lowest BCUT2D eigenvalue weighted by Crippen LogP contribution is -2.49. The van der Waals surface area contributed by atoms with Gasteiger partial charge in [0.1, 0.15) is 0 Å². The second-order valence-electron chi connectivity index (χ2n) is 5.71. The zero-order valence-electron chi connectivity index (χ0n) is 9.85. The van der Waals surface area contributed by atoms with Crippen LogP contribution in [0.1, 0.15) is 13.8 Å². The molecule has 0 aromatic carbocycles. The summed E-state index contributed by atoms with van der Waals surface area (Å²) in [6, 6.07) is 1.49. The quantitative estimate of drug-likeness (QED) is 0.666. The highest BCUT2D eigenvalue weighted by molar-refractivity contribution is 4.96. The predicted octanol–water partition coefficient (Wildman–Crippen LogP) is 0.657. The number of likely N-dealkylation sites (tertiary alicyclic amines) is 2. The van der Waals surface area contributed by atoms with E-state index in [1.54, 1.807) is 0 Å². The van der Waals surface area contributed by atoms with E-state index in [1.807, 2.05) is 0 Å². The standard InChI is InChI=1S/C12H22N2O/c1-9(2)13-3-10-5-14(6-11(10)4-13)12-7-15-8-12/h9-12H,3-8H2,1-2H3. The number of nitrogens with zero attached hydrogens (tertiary/aromatic N) is 2. The van der Waals surface area contributed by atoms with Crippen LogP contribution in [0.5, 0.6) is 0 Å². The van der Waals surface area contributed by atoms with Crippen LogP contribution in [0.25, 0.3) is 0 Å². The van der Waals surface area contributed by atoms with E-state index in [9.17, 15) is 0 Å². The van der Waals surface area contributed by atoms with Gasteiger partial charge in [-0.3, -0.25) is 4.90 Å². The first-order chi connectivity index (χ1) is 7.24. The van der Waals surface area contributed by atoms with E-state index < -0.39 is 0 Å². The van der Waals surface area contributed by atoms with Crippen molar-refractivity contribution >= 4 is 0 Å². The molecule has 3 rings (SSSR count). The molecule has 0 aromatic rings. The molecule has 0 spiro atoms. The van der Waals surface area contributed by atoms with E-state index in [0.717, 1.165) is 37.1 Å². The van der Waals surface area contributed by atoms with Crippen LogP contribution in [-0.4, -0.2) is 61.3 Å². The van der Waals surface area contributed by atoms with Gasteiger partial charge >= 0.3 is 0 Å². The van der Waals surface area contributed by atoms with Gasteiger partial charge in [0.25, 0.3) is 0 Å². The molecule has 3 aliphatic heterocycles. The first-order valence-electron chi connectivity index (χ1n) is 6.30. The van der Waals surface area contributed by atoms with Gasteiger partial charge in [-0.15, -0.1) is 0 Å². The molecule has 3 heterocycles. The number of hydrogen-bond acceptors (Lipinski definition) is 3. The molecule has 0 aromatic heterocycles. The van der Waals surface area contributed by atoms with Crippen molar-refractivity contribution in [3.8, 4) is 0 Å². The predicted molar refractivity (Wildman–Crippen MR) is 59.9 cm³/mol. The van der Waals surface area contributed by atoms with Crippen molar-refractivity contribution < 1.29 is 4.74 Å². The van der Waals surface area contributed by atoms with E-state index >= 15 is 0 Å². The van der Waals surface area contributed by atoms with Crippen LogP contribution in [0.4, 0.5) is 0 Å². The minimum absolute atomic E-state index is 0.732. The maximum atomic E-state index is 5.28. The molecule has 3 nitrogen and oxygen atoms in total. The number of hydrogen-bond donors (Lipinski definition) is 0. The average molecular weight is 210 g/mol. The maximum Gasteiger partial charge on any atom is 0.0645 e. The average Bonchev–Trinajstić information content (AvgIpc) is 2.56. The van der Waals surface area contributed by atoms with Crippen LogP contribution in [0.15, 0.2) is 0 Å². The lowest BCUT2D eigenvalue weighted by Gasteiger charge is -2.35. The molecule has 2 atom stereocenters. The fourth-order valence-corrected chi connectivity index (χ4v) is 3.22. The Kier molecular flexibility index (Phi) is 2.49. The highest BCUT2D eigenvalue weighted by Crippen LogP contribution is 2.33. The topological polar surface area (TPSA) is 15.7 Å². The lowest BCUT2D eigenvalue weighted by atomic mass is 10.0. The van der Waals surface area contributed by atoms with E-state index in [0.29, 0.717) is 0 Å². The summed E-state index contributed by atoms with van der Waals surface area (Å²) in [5.41, 5.74) is 0. The summed E-state index contributed by atoms with van der Waals surface area (Å²) in [4.78, 5) is 5.31. The maximum absolute atomic E-state index is 5.28. The molecule has 0 radical (unpaired) electrons. The monoisotopic (exact) mass is 210 g/mol. The third kappa shape index (κ3) is 1.71. The van der Waals surface area contributed by atoms with Crippen LogP contribution >= 0.6 is 0 Å². The smallest absolute Gasteiger partial charge is 0.0645 e. The zero-order chi connectivity index (χ0) is 10.4. The zero-order valence-corrected chi connectivity index (χ0v) is 9.85. The van der Waals surface area contributed by atoms with Crippen LogP contribution in [0, 0.1) is 11.8 Å². The van der Waals surface area contributed by atoms with Crippen LogP contribution < -0.4 is 0 Å². The third-order valence-electron chi connectivity index (χ3n) is 4.41. The molecule has 0 amide bonds. The van der Waals surface area contributed by atoms with E-state index in [1.165, 1.54) is 26.2 Å². The molecule has 15 heavy (non-hydrogen) atoms. The normalized spacial score (nSPS) is 38.6. The molecule has 3 heteroatoms. The number of ether oxygens (including phenoxy) is 1. The Balaban J connectivity index is 1.56. The third-order valence-corrected chi connectivity index (χ3v) is 4.41. The molecule has 0 aliphatic carbocycles. The van der Waals surface area contributed by atoms with Gasteiger partial charge in [0.15, 0.2) is 0 Å². The molecule has 0 bridgehead atoms. The molecular formula is C12H22N2O. The van der Waals surface area contributed by atoms with E-state index in [2.05, 4.69) is 23.6 Å². The minimum Gasteiger partial charge on any atom is -0.378 e. The van der Waals surface area contributed by atoms with Crippen molar-refractivity contribution in [2.24, 2.45) is 11.8 Å². The van der Waals surface area contributed by atoms with Crippen molar-refractivity contribution in [1.82, 2.24) is 9.80 Å². The summed E-state index contributed by atoms with van der Waals surface area (Å²) in [6.07, 6.45) is 0. The summed E-state index contributed by atoms with van der Waals surface area (Å²) >= 11 is 0. The van der Waals surface area contributed by atoms with Gasteiger partial charge in [0.05, 0.1) is 19.3 Å². The largest absolute Gasteiger partial charge is 0.378 e. The SMILES string of the molecule is CC(C)N1CC2CN(C3COC3)CC2C1. The van der Waals surface area contributed by atoms with Gasteiger partial charge in [0, 0.05) is 32.2 Å². The Labute approximate surface area is 92.4 Å². The summed E-state index contributed by atoms with van der Waals surface area (Å²) in [5, 5.41) is 0. The molecule has 3 saturated heterocycles.